The molecule has 126 valence electrons. The van der Waals surface area contributed by atoms with Crippen molar-refractivity contribution in [3.63, 3.8) is 0 Å². The van der Waals surface area contributed by atoms with Gasteiger partial charge in [-0.15, -0.1) is 24.0 Å². The molecule has 22 heavy (non-hydrogen) atoms. The van der Waals surface area contributed by atoms with Gasteiger partial charge in [-0.25, -0.2) is 0 Å². The molecule has 0 aliphatic carbocycles. The van der Waals surface area contributed by atoms with Crippen LogP contribution < -0.4 is 10.6 Å². The molecule has 7 heteroatoms. The molecule has 0 radical (unpaired) electrons. The van der Waals surface area contributed by atoms with Gasteiger partial charge in [0.05, 0.1) is 11.3 Å². The summed E-state index contributed by atoms with van der Waals surface area (Å²) in [6.07, 6.45) is 3.10. The first-order chi connectivity index (χ1) is 10.0. The number of aliphatic imine (C=N–C) groups is 1. The van der Waals surface area contributed by atoms with E-state index in [9.17, 15) is 0 Å². The number of nitrogens with one attached hydrogen (secondary N) is 2. The highest BCUT2D eigenvalue weighted by Gasteiger charge is 2.29. The molecular formula is C15H27IN4O2. The normalized spacial score (nSPS) is 21.5. The fourth-order valence-corrected chi connectivity index (χ4v) is 2.63. The Morgan fingerprint density at radius 1 is 1.36 bits per heavy atom. The number of guanidine groups is 1. The Kier molecular flexibility index (Phi) is 7.61. The van der Waals surface area contributed by atoms with Crippen molar-refractivity contribution in [2.24, 2.45) is 4.99 Å². The smallest absolute Gasteiger partial charge is 0.191 e. The standard InChI is InChI=1S/C15H26N4O2.HI/c1-11-13(12(2)21-19-11)6-8-17-14(16-4)18-10-15(3)7-5-9-20-15;/h5-10H2,1-4H3,(H2,16,17,18);1H. The third kappa shape index (κ3) is 5.12. The van der Waals surface area contributed by atoms with E-state index in [2.05, 4.69) is 27.7 Å². The van der Waals surface area contributed by atoms with Gasteiger partial charge >= 0.3 is 0 Å². The Balaban J connectivity index is 0.00000242. The molecule has 2 N–H and O–H groups in total. The molecule has 1 atom stereocenters. The SMILES string of the molecule is CN=C(NCCc1c(C)noc1C)NCC1(C)CCCO1.I. The van der Waals surface area contributed by atoms with Gasteiger partial charge in [0, 0.05) is 32.3 Å². The van der Waals surface area contributed by atoms with Crippen LogP contribution in [0.1, 0.15) is 36.8 Å². The van der Waals surface area contributed by atoms with E-state index in [1.807, 2.05) is 13.8 Å². The number of hydrogen-bond acceptors (Lipinski definition) is 4. The van der Waals surface area contributed by atoms with Gasteiger partial charge in [0.2, 0.25) is 0 Å². The monoisotopic (exact) mass is 422 g/mol. The van der Waals surface area contributed by atoms with Crippen molar-refractivity contribution in [3.8, 4) is 0 Å². The fourth-order valence-electron chi connectivity index (χ4n) is 2.63. The summed E-state index contributed by atoms with van der Waals surface area (Å²) in [7, 11) is 1.78. The zero-order valence-corrected chi connectivity index (χ0v) is 16.2. The molecule has 2 rings (SSSR count). The number of nitrogens with zero attached hydrogens (tertiary/aromatic N) is 2. The number of ether oxygens (including phenoxy) is 1. The van der Waals surface area contributed by atoms with Crippen LogP contribution in [0.4, 0.5) is 0 Å². The van der Waals surface area contributed by atoms with E-state index in [0.29, 0.717) is 0 Å². The quantitative estimate of drug-likeness (QED) is 0.433. The summed E-state index contributed by atoms with van der Waals surface area (Å²) in [4.78, 5) is 4.24. The number of rotatable bonds is 5. The Morgan fingerprint density at radius 2 is 2.14 bits per heavy atom. The summed E-state index contributed by atoms with van der Waals surface area (Å²) in [5.74, 6) is 1.70. The first-order valence-electron chi connectivity index (χ1n) is 7.54. The Morgan fingerprint density at radius 3 is 2.68 bits per heavy atom. The third-order valence-corrected chi connectivity index (χ3v) is 4.00. The van der Waals surface area contributed by atoms with Crippen LogP contribution >= 0.6 is 24.0 Å². The molecule has 2 heterocycles. The predicted octanol–water partition coefficient (Wildman–Crippen LogP) is 2.19. The molecule has 0 bridgehead atoms. The molecule has 0 saturated carbocycles. The molecule has 1 aromatic heterocycles. The summed E-state index contributed by atoms with van der Waals surface area (Å²) < 4.78 is 10.9. The van der Waals surface area contributed by atoms with Crippen molar-refractivity contribution in [1.29, 1.82) is 0 Å². The second kappa shape index (κ2) is 8.71. The molecule has 1 unspecified atom stereocenters. The van der Waals surface area contributed by atoms with Gasteiger partial charge in [-0.05, 0) is 40.0 Å². The van der Waals surface area contributed by atoms with Gasteiger partial charge in [0.25, 0.3) is 0 Å². The van der Waals surface area contributed by atoms with E-state index < -0.39 is 0 Å². The molecule has 1 fully saturated rings. The van der Waals surface area contributed by atoms with Gasteiger partial charge in [0.15, 0.2) is 5.96 Å². The molecule has 1 aliphatic rings. The van der Waals surface area contributed by atoms with E-state index in [1.54, 1.807) is 7.05 Å². The maximum absolute atomic E-state index is 5.76. The summed E-state index contributed by atoms with van der Waals surface area (Å²) >= 11 is 0. The maximum atomic E-state index is 5.76. The lowest BCUT2D eigenvalue weighted by Crippen LogP contribution is -2.46. The minimum Gasteiger partial charge on any atom is -0.373 e. The Labute approximate surface area is 149 Å². The van der Waals surface area contributed by atoms with Crippen LogP contribution in [0.25, 0.3) is 0 Å². The molecule has 0 spiro atoms. The van der Waals surface area contributed by atoms with E-state index in [4.69, 9.17) is 9.26 Å². The van der Waals surface area contributed by atoms with Crippen molar-refractivity contribution in [2.45, 2.75) is 45.6 Å². The largest absolute Gasteiger partial charge is 0.373 e. The first-order valence-corrected chi connectivity index (χ1v) is 7.54. The van der Waals surface area contributed by atoms with Crippen LogP contribution in [0.2, 0.25) is 0 Å². The van der Waals surface area contributed by atoms with Crippen molar-refractivity contribution in [1.82, 2.24) is 15.8 Å². The minimum absolute atomic E-state index is 0. The molecule has 1 aliphatic heterocycles. The summed E-state index contributed by atoms with van der Waals surface area (Å²) in [5, 5.41) is 10.6. The lowest BCUT2D eigenvalue weighted by molar-refractivity contribution is 0.0243. The van der Waals surface area contributed by atoms with Crippen LogP contribution in [0.3, 0.4) is 0 Å². The average molecular weight is 422 g/mol. The number of halogens is 1. The fraction of sp³-hybridized carbons (Fsp3) is 0.733. The molecule has 1 saturated heterocycles. The molecule has 0 amide bonds. The van der Waals surface area contributed by atoms with Crippen molar-refractivity contribution >= 4 is 29.9 Å². The maximum Gasteiger partial charge on any atom is 0.191 e. The lowest BCUT2D eigenvalue weighted by Gasteiger charge is -2.24. The van der Waals surface area contributed by atoms with Crippen LogP contribution in [0.15, 0.2) is 9.52 Å². The van der Waals surface area contributed by atoms with Gasteiger partial charge in [-0.1, -0.05) is 5.16 Å². The highest BCUT2D eigenvalue weighted by atomic mass is 127. The molecular weight excluding hydrogens is 395 g/mol. The minimum atomic E-state index is -0.0702. The average Bonchev–Trinajstić information content (AvgIpc) is 3.03. The van der Waals surface area contributed by atoms with Crippen molar-refractivity contribution in [2.75, 3.05) is 26.7 Å². The second-order valence-corrected chi connectivity index (χ2v) is 5.81. The first kappa shape index (κ1) is 19.2. The number of aryl methyl sites for hydroxylation is 2. The zero-order chi connectivity index (χ0) is 15.3. The van der Waals surface area contributed by atoms with Crippen LogP contribution in [0.5, 0.6) is 0 Å². The van der Waals surface area contributed by atoms with Crippen LogP contribution in [-0.4, -0.2) is 43.5 Å². The molecule has 0 aromatic carbocycles. The van der Waals surface area contributed by atoms with Crippen LogP contribution in [0, 0.1) is 13.8 Å². The summed E-state index contributed by atoms with van der Waals surface area (Å²) in [5.41, 5.74) is 2.06. The van der Waals surface area contributed by atoms with E-state index >= 15 is 0 Å². The molecule has 1 aromatic rings. The zero-order valence-electron chi connectivity index (χ0n) is 13.9. The summed E-state index contributed by atoms with van der Waals surface area (Å²) in [6, 6.07) is 0. The predicted molar refractivity (Wildman–Crippen MR) is 98.1 cm³/mol. The topological polar surface area (TPSA) is 71.7 Å². The number of hydrogen-bond donors (Lipinski definition) is 2. The summed E-state index contributed by atoms with van der Waals surface area (Å²) in [6.45, 7) is 8.48. The van der Waals surface area contributed by atoms with Crippen LogP contribution in [-0.2, 0) is 11.2 Å². The number of aromatic nitrogens is 1. The van der Waals surface area contributed by atoms with Crippen molar-refractivity contribution < 1.29 is 9.26 Å². The second-order valence-electron chi connectivity index (χ2n) is 5.81. The lowest BCUT2D eigenvalue weighted by atomic mass is 10.0. The highest BCUT2D eigenvalue weighted by Crippen LogP contribution is 2.23. The van der Waals surface area contributed by atoms with Gasteiger partial charge < -0.3 is 19.9 Å². The van der Waals surface area contributed by atoms with E-state index in [0.717, 1.165) is 56.4 Å². The molecule has 6 nitrogen and oxygen atoms in total. The van der Waals surface area contributed by atoms with Gasteiger partial charge in [-0.2, -0.15) is 0 Å². The third-order valence-electron chi connectivity index (χ3n) is 4.00. The van der Waals surface area contributed by atoms with Gasteiger partial charge in [-0.3, -0.25) is 4.99 Å². The van der Waals surface area contributed by atoms with E-state index in [1.165, 1.54) is 5.56 Å². The van der Waals surface area contributed by atoms with Crippen molar-refractivity contribution in [3.05, 3.63) is 17.0 Å². The van der Waals surface area contributed by atoms with E-state index in [-0.39, 0.29) is 29.6 Å². The Hall–Kier alpha value is -0.830. The van der Waals surface area contributed by atoms with Gasteiger partial charge in [0.1, 0.15) is 5.76 Å². The Bertz CT molecular complexity index is 476. The highest BCUT2D eigenvalue weighted by molar-refractivity contribution is 14.0.